The number of nitrogens with zero attached hydrogens (tertiary/aromatic N) is 1. The van der Waals surface area contributed by atoms with Gasteiger partial charge in [-0.1, -0.05) is 11.6 Å². The number of hydrogen-bond acceptors (Lipinski definition) is 4. The minimum atomic E-state index is -0.512. The molecule has 2 rings (SSSR count). The Balaban J connectivity index is 1.86. The van der Waals surface area contributed by atoms with Crippen molar-refractivity contribution < 1.29 is 24.0 Å². The van der Waals surface area contributed by atoms with Crippen LogP contribution in [0.5, 0.6) is 0 Å². The van der Waals surface area contributed by atoms with E-state index >= 15 is 0 Å². The van der Waals surface area contributed by atoms with Gasteiger partial charge in [-0.05, 0) is 50.5 Å². The molecule has 0 spiro atoms. The topological polar surface area (TPSA) is 80.2 Å². The minimum Gasteiger partial charge on any atom is -0.464 e. The average Bonchev–Trinajstić information content (AvgIpc) is 2.63. The zero-order valence-electron chi connectivity index (χ0n) is 15.8. The molecule has 2 N–H and O–H groups in total. The van der Waals surface area contributed by atoms with Crippen molar-refractivity contribution in [1.29, 1.82) is 0 Å². The predicted molar refractivity (Wildman–Crippen MR) is 103 cm³/mol. The van der Waals surface area contributed by atoms with Gasteiger partial charge >= 0.3 is 5.97 Å². The third-order valence-corrected chi connectivity index (χ3v) is 4.68. The monoisotopic (exact) mass is 396 g/mol. The minimum absolute atomic E-state index is 0.135. The van der Waals surface area contributed by atoms with Crippen LogP contribution in [0.3, 0.4) is 0 Å². The van der Waals surface area contributed by atoms with Gasteiger partial charge in [0.2, 0.25) is 0 Å². The van der Waals surface area contributed by atoms with Crippen LogP contribution < -0.4 is 10.2 Å². The molecule has 0 bridgehead atoms. The molecule has 8 heteroatoms. The summed E-state index contributed by atoms with van der Waals surface area (Å²) in [7, 11) is 1.78. The van der Waals surface area contributed by atoms with Crippen molar-refractivity contribution in [2.75, 3.05) is 38.6 Å². The van der Waals surface area contributed by atoms with E-state index in [9.17, 15) is 14.4 Å². The molecule has 0 radical (unpaired) electrons. The number of carbonyl (C=O) groups excluding carboxylic acids is 3. The quantitative estimate of drug-likeness (QED) is 0.666. The standard InChI is InChI=1S/C19H26ClN3O4/c1-3-27-19(26)16-6-4-5-11-23(16)18(25)13-22(2)12-17(24)21-15-9-7-14(20)8-10-15/h7-10,16H,3-6,11-13H2,1-2H3,(H,21,24)/p+1/t16-/m1/s1. The van der Waals surface area contributed by atoms with Gasteiger partial charge in [-0.15, -0.1) is 0 Å². The Hall–Kier alpha value is -2.12. The summed E-state index contributed by atoms with van der Waals surface area (Å²) >= 11 is 5.83. The highest BCUT2D eigenvalue weighted by Gasteiger charge is 2.34. The van der Waals surface area contributed by atoms with Crippen LogP contribution >= 0.6 is 11.6 Å². The van der Waals surface area contributed by atoms with Crippen LogP contribution in [-0.2, 0) is 19.1 Å². The molecule has 1 saturated heterocycles. The van der Waals surface area contributed by atoms with Crippen molar-refractivity contribution in [2.45, 2.75) is 32.2 Å². The number of rotatable bonds is 7. The van der Waals surface area contributed by atoms with Gasteiger partial charge in [0.15, 0.2) is 13.1 Å². The van der Waals surface area contributed by atoms with Crippen molar-refractivity contribution in [3.05, 3.63) is 29.3 Å². The number of nitrogens with one attached hydrogen (secondary N) is 2. The maximum Gasteiger partial charge on any atom is 0.328 e. The van der Waals surface area contributed by atoms with Crippen LogP contribution in [0.15, 0.2) is 24.3 Å². The molecule has 148 valence electrons. The van der Waals surface area contributed by atoms with Crippen molar-refractivity contribution in [3.63, 3.8) is 0 Å². The summed E-state index contributed by atoms with van der Waals surface area (Å²) in [5, 5.41) is 3.38. The number of ether oxygens (including phenoxy) is 1. The highest BCUT2D eigenvalue weighted by atomic mass is 35.5. The molecular formula is C19H27ClN3O4+. The normalized spacial score (nSPS) is 17.9. The average molecular weight is 397 g/mol. The van der Waals surface area contributed by atoms with Crippen LogP contribution in [0.4, 0.5) is 5.69 Å². The number of halogens is 1. The first-order valence-corrected chi connectivity index (χ1v) is 9.61. The third-order valence-electron chi connectivity index (χ3n) is 4.43. The SMILES string of the molecule is CCOC(=O)[C@H]1CCCCN1C(=O)C[NH+](C)CC(=O)Nc1ccc(Cl)cc1. The van der Waals surface area contributed by atoms with Crippen molar-refractivity contribution in [1.82, 2.24) is 4.90 Å². The van der Waals surface area contributed by atoms with E-state index in [1.807, 2.05) is 0 Å². The zero-order chi connectivity index (χ0) is 19.8. The van der Waals surface area contributed by atoms with Crippen molar-refractivity contribution >= 4 is 35.1 Å². The molecule has 1 aromatic rings. The number of esters is 1. The van der Waals surface area contributed by atoms with Crippen molar-refractivity contribution in [2.24, 2.45) is 0 Å². The maximum absolute atomic E-state index is 12.7. The third kappa shape index (κ3) is 6.52. The largest absolute Gasteiger partial charge is 0.464 e. The lowest BCUT2D eigenvalue weighted by molar-refractivity contribution is -0.862. The first-order chi connectivity index (χ1) is 12.9. The lowest BCUT2D eigenvalue weighted by atomic mass is 10.0. The fourth-order valence-corrected chi connectivity index (χ4v) is 3.27. The van der Waals surface area contributed by atoms with Gasteiger partial charge in [-0.2, -0.15) is 0 Å². The molecule has 1 heterocycles. The molecule has 27 heavy (non-hydrogen) atoms. The van der Waals surface area contributed by atoms with E-state index in [4.69, 9.17) is 16.3 Å². The second-order valence-electron chi connectivity index (χ2n) is 6.72. The fourth-order valence-electron chi connectivity index (χ4n) is 3.15. The van der Waals surface area contributed by atoms with Crippen LogP contribution in [-0.4, -0.2) is 62.0 Å². The van der Waals surface area contributed by atoms with E-state index in [0.29, 0.717) is 30.3 Å². The van der Waals surface area contributed by atoms with E-state index in [1.165, 1.54) is 0 Å². The Labute approximate surface area is 164 Å². The Morgan fingerprint density at radius 2 is 1.93 bits per heavy atom. The van der Waals surface area contributed by atoms with Gasteiger partial charge in [0.05, 0.1) is 13.7 Å². The Morgan fingerprint density at radius 3 is 2.59 bits per heavy atom. The first-order valence-electron chi connectivity index (χ1n) is 9.23. The van der Waals surface area contributed by atoms with Crippen LogP contribution in [0.1, 0.15) is 26.2 Å². The van der Waals surface area contributed by atoms with Crippen molar-refractivity contribution in [3.8, 4) is 0 Å². The number of quaternary nitrogens is 1. The predicted octanol–water partition coefficient (Wildman–Crippen LogP) is 0.737. The number of hydrogen-bond donors (Lipinski definition) is 2. The number of piperidine rings is 1. The summed E-state index contributed by atoms with van der Waals surface area (Å²) < 4.78 is 5.09. The Morgan fingerprint density at radius 1 is 1.22 bits per heavy atom. The molecule has 0 saturated carbocycles. The molecule has 2 amide bonds. The summed E-state index contributed by atoms with van der Waals surface area (Å²) in [6.45, 7) is 2.89. The smallest absolute Gasteiger partial charge is 0.328 e. The Bertz CT molecular complexity index is 665. The molecule has 2 atom stereocenters. The Kier molecular flexibility index (Phi) is 8.06. The number of benzene rings is 1. The van der Waals surface area contributed by atoms with Crippen LogP contribution in [0, 0.1) is 0 Å². The molecule has 1 aliphatic heterocycles. The number of anilines is 1. The zero-order valence-corrected chi connectivity index (χ0v) is 16.6. The molecule has 1 aromatic carbocycles. The summed E-state index contributed by atoms with van der Waals surface area (Å²) in [6, 6.07) is 6.32. The fraction of sp³-hybridized carbons (Fsp3) is 0.526. The van der Waals surface area contributed by atoms with E-state index < -0.39 is 6.04 Å². The van der Waals surface area contributed by atoms with E-state index in [2.05, 4.69) is 5.32 Å². The molecule has 0 aliphatic carbocycles. The number of likely N-dealkylation sites (N-methyl/N-ethyl adjacent to an activating group) is 1. The van der Waals surface area contributed by atoms with Gasteiger partial charge in [0.1, 0.15) is 6.04 Å². The molecule has 0 aromatic heterocycles. The second kappa shape index (κ2) is 10.3. The lowest BCUT2D eigenvalue weighted by Gasteiger charge is -2.34. The summed E-state index contributed by atoms with van der Waals surface area (Å²) in [4.78, 5) is 39.3. The highest BCUT2D eigenvalue weighted by molar-refractivity contribution is 6.30. The highest BCUT2D eigenvalue weighted by Crippen LogP contribution is 2.18. The number of carbonyl (C=O) groups is 3. The molecule has 7 nitrogen and oxygen atoms in total. The molecule has 1 aliphatic rings. The van der Waals surface area contributed by atoms with E-state index in [0.717, 1.165) is 17.7 Å². The second-order valence-corrected chi connectivity index (χ2v) is 7.15. The summed E-state index contributed by atoms with van der Waals surface area (Å²) in [6.07, 6.45) is 2.40. The summed E-state index contributed by atoms with van der Waals surface area (Å²) in [5.41, 5.74) is 0.655. The van der Waals surface area contributed by atoms with Crippen LogP contribution in [0.2, 0.25) is 5.02 Å². The van der Waals surface area contributed by atoms with E-state index in [-0.39, 0.29) is 30.9 Å². The van der Waals surface area contributed by atoms with E-state index in [1.54, 1.807) is 43.1 Å². The molecule has 1 unspecified atom stereocenters. The van der Waals surface area contributed by atoms with Gasteiger partial charge < -0.3 is 19.9 Å². The number of amides is 2. The van der Waals surface area contributed by atoms with Gasteiger partial charge in [0.25, 0.3) is 11.8 Å². The number of likely N-dealkylation sites (tertiary alicyclic amines) is 1. The summed E-state index contributed by atoms with van der Waals surface area (Å²) in [5.74, 6) is -0.670. The van der Waals surface area contributed by atoms with Gasteiger partial charge in [0, 0.05) is 17.3 Å². The molecule has 1 fully saturated rings. The van der Waals surface area contributed by atoms with Crippen LogP contribution in [0.25, 0.3) is 0 Å². The molecular weight excluding hydrogens is 370 g/mol. The maximum atomic E-state index is 12.7. The first kappa shape index (κ1) is 21.2. The van der Waals surface area contributed by atoms with Gasteiger partial charge in [-0.25, -0.2) is 4.79 Å². The van der Waals surface area contributed by atoms with Gasteiger partial charge in [-0.3, -0.25) is 9.59 Å². The lowest BCUT2D eigenvalue weighted by Crippen LogP contribution is -3.11.